The highest BCUT2D eigenvalue weighted by Crippen LogP contribution is 2.26. The second-order valence-corrected chi connectivity index (χ2v) is 4.76. The number of halogens is 1. The van der Waals surface area contributed by atoms with Crippen LogP contribution in [0.15, 0.2) is 12.4 Å². The molecule has 0 N–H and O–H groups in total. The Kier molecular flexibility index (Phi) is 3.99. The average Bonchev–Trinajstić information content (AvgIpc) is 2.30. The van der Waals surface area contributed by atoms with E-state index in [-0.39, 0.29) is 0 Å². The SMILES string of the molecule is CC1CCCC(Oc2cnc(CCl)cn2)C1. The fraction of sp³-hybridized carbons (Fsp3) is 0.667. The van der Waals surface area contributed by atoms with Crippen molar-refractivity contribution < 1.29 is 4.74 Å². The molecule has 0 aromatic carbocycles. The highest BCUT2D eigenvalue weighted by molar-refractivity contribution is 6.16. The Hall–Kier alpha value is -0.830. The summed E-state index contributed by atoms with van der Waals surface area (Å²) in [6.07, 6.45) is 8.46. The molecule has 88 valence electrons. The van der Waals surface area contributed by atoms with Gasteiger partial charge in [0.15, 0.2) is 0 Å². The van der Waals surface area contributed by atoms with Gasteiger partial charge in [-0.05, 0) is 25.2 Å². The Balaban J connectivity index is 1.92. The van der Waals surface area contributed by atoms with E-state index < -0.39 is 0 Å². The molecule has 0 aliphatic heterocycles. The molecule has 1 saturated carbocycles. The molecular formula is C12H17ClN2O. The molecule has 0 saturated heterocycles. The summed E-state index contributed by atoms with van der Waals surface area (Å²) >= 11 is 5.65. The topological polar surface area (TPSA) is 35.0 Å². The van der Waals surface area contributed by atoms with Crippen LogP contribution in [0.5, 0.6) is 5.88 Å². The minimum absolute atomic E-state index is 0.305. The third-order valence-electron chi connectivity index (χ3n) is 2.99. The summed E-state index contributed by atoms with van der Waals surface area (Å²) in [5.74, 6) is 1.77. The van der Waals surface area contributed by atoms with Crippen LogP contribution in [0.2, 0.25) is 0 Å². The van der Waals surface area contributed by atoms with Crippen LogP contribution in [0.4, 0.5) is 0 Å². The standard InChI is InChI=1S/C12H17ClN2O/c1-9-3-2-4-11(5-9)16-12-8-14-10(6-13)7-15-12/h7-9,11H,2-6H2,1H3. The van der Waals surface area contributed by atoms with Crippen LogP contribution in [-0.2, 0) is 5.88 Å². The first-order valence-electron chi connectivity index (χ1n) is 5.81. The summed E-state index contributed by atoms with van der Waals surface area (Å²) < 4.78 is 5.81. The molecule has 1 heterocycles. The Bertz CT molecular complexity index is 328. The number of aromatic nitrogens is 2. The lowest BCUT2D eigenvalue weighted by Gasteiger charge is -2.26. The predicted octanol–water partition coefficient (Wildman–Crippen LogP) is 3.17. The molecular weight excluding hydrogens is 224 g/mol. The van der Waals surface area contributed by atoms with Crippen molar-refractivity contribution in [3.8, 4) is 5.88 Å². The third kappa shape index (κ3) is 3.08. The highest BCUT2D eigenvalue weighted by Gasteiger charge is 2.20. The second kappa shape index (κ2) is 5.48. The quantitative estimate of drug-likeness (QED) is 0.762. The first-order valence-corrected chi connectivity index (χ1v) is 6.35. The largest absolute Gasteiger partial charge is 0.473 e. The number of ether oxygens (including phenoxy) is 1. The third-order valence-corrected chi connectivity index (χ3v) is 3.27. The lowest BCUT2D eigenvalue weighted by molar-refractivity contribution is 0.123. The summed E-state index contributed by atoms with van der Waals surface area (Å²) in [5.41, 5.74) is 0.783. The van der Waals surface area contributed by atoms with Crippen molar-refractivity contribution in [2.75, 3.05) is 0 Å². The van der Waals surface area contributed by atoms with E-state index in [1.807, 2.05) is 0 Å². The maximum atomic E-state index is 5.81. The maximum Gasteiger partial charge on any atom is 0.232 e. The summed E-state index contributed by atoms with van der Waals surface area (Å²) in [6.45, 7) is 2.28. The van der Waals surface area contributed by atoms with E-state index in [2.05, 4.69) is 16.9 Å². The van der Waals surface area contributed by atoms with Gasteiger partial charge in [-0.1, -0.05) is 13.3 Å². The van der Waals surface area contributed by atoms with Crippen molar-refractivity contribution in [3.63, 3.8) is 0 Å². The van der Waals surface area contributed by atoms with Crippen molar-refractivity contribution in [1.29, 1.82) is 0 Å². The molecule has 0 amide bonds. The summed E-state index contributed by atoms with van der Waals surface area (Å²) in [5, 5.41) is 0. The fourth-order valence-electron chi connectivity index (χ4n) is 2.13. The molecule has 16 heavy (non-hydrogen) atoms. The number of hydrogen-bond acceptors (Lipinski definition) is 3. The average molecular weight is 241 g/mol. The Labute approximate surface area is 101 Å². The zero-order valence-corrected chi connectivity index (χ0v) is 10.3. The maximum absolute atomic E-state index is 5.81. The van der Waals surface area contributed by atoms with Gasteiger partial charge in [0.05, 0.1) is 24.0 Å². The highest BCUT2D eigenvalue weighted by atomic mass is 35.5. The molecule has 0 bridgehead atoms. The minimum atomic E-state index is 0.305. The van der Waals surface area contributed by atoms with Crippen LogP contribution in [0.25, 0.3) is 0 Å². The van der Waals surface area contributed by atoms with Gasteiger partial charge in [-0.3, -0.25) is 4.98 Å². The normalized spacial score (nSPS) is 25.4. The monoisotopic (exact) mass is 240 g/mol. The van der Waals surface area contributed by atoms with Crippen molar-refractivity contribution in [2.24, 2.45) is 5.92 Å². The molecule has 1 aliphatic rings. The number of hydrogen-bond donors (Lipinski definition) is 0. The zero-order valence-electron chi connectivity index (χ0n) is 9.53. The van der Waals surface area contributed by atoms with Crippen LogP contribution in [-0.4, -0.2) is 16.1 Å². The molecule has 2 rings (SSSR count). The van der Waals surface area contributed by atoms with E-state index in [4.69, 9.17) is 16.3 Å². The van der Waals surface area contributed by atoms with E-state index >= 15 is 0 Å². The van der Waals surface area contributed by atoms with Crippen molar-refractivity contribution in [3.05, 3.63) is 18.1 Å². The van der Waals surface area contributed by atoms with E-state index in [0.29, 0.717) is 17.9 Å². The van der Waals surface area contributed by atoms with Crippen LogP contribution >= 0.6 is 11.6 Å². The van der Waals surface area contributed by atoms with E-state index in [9.17, 15) is 0 Å². The molecule has 4 heteroatoms. The Morgan fingerprint density at radius 3 is 2.88 bits per heavy atom. The van der Waals surface area contributed by atoms with Gasteiger partial charge < -0.3 is 4.74 Å². The van der Waals surface area contributed by atoms with Crippen LogP contribution < -0.4 is 4.74 Å². The van der Waals surface area contributed by atoms with Crippen LogP contribution in [0.3, 0.4) is 0 Å². The van der Waals surface area contributed by atoms with Gasteiger partial charge in [0, 0.05) is 0 Å². The first-order chi connectivity index (χ1) is 7.78. The molecule has 2 atom stereocenters. The molecule has 1 aromatic rings. The molecule has 1 aromatic heterocycles. The number of nitrogens with zero attached hydrogens (tertiary/aromatic N) is 2. The first kappa shape index (κ1) is 11.6. The van der Waals surface area contributed by atoms with Crippen molar-refractivity contribution in [2.45, 2.75) is 44.6 Å². The van der Waals surface area contributed by atoms with Gasteiger partial charge in [-0.15, -0.1) is 11.6 Å². The van der Waals surface area contributed by atoms with E-state index in [0.717, 1.165) is 24.5 Å². The lowest BCUT2D eigenvalue weighted by Crippen LogP contribution is -2.24. The summed E-state index contributed by atoms with van der Waals surface area (Å²) in [7, 11) is 0. The minimum Gasteiger partial charge on any atom is -0.473 e. The predicted molar refractivity (Wildman–Crippen MR) is 63.6 cm³/mol. The Morgan fingerprint density at radius 2 is 2.25 bits per heavy atom. The molecule has 0 radical (unpaired) electrons. The van der Waals surface area contributed by atoms with Crippen molar-refractivity contribution >= 4 is 11.6 Å². The molecule has 2 unspecified atom stereocenters. The second-order valence-electron chi connectivity index (χ2n) is 4.49. The van der Waals surface area contributed by atoms with Crippen LogP contribution in [0.1, 0.15) is 38.3 Å². The fourth-order valence-corrected chi connectivity index (χ4v) is 2.27. The van der Waals surface area contributed by atoms with Gasteiger partial charge in [0.25, 0.3) is 0 Å². The van der Waals surface area contributed by atoms with Gasteiger partial charge in [-0.2, -0.15) is 0 Å². The number of alkyl halides is 1. The van der Waals surface area contributed by atoms with Gasteiger partial charge in [0.1, 0.15) is 6.10 Å². The molecule has 1 fully saturated rings. The smallest absolute Gasteiger partial charge is 0.232 e. The van der Waals surface area contributed by atoms with E-state index in [1.165, 1.54) is 12.8 Å². The summed E-state index contributed by atoms with van der Waals surface area (Å²) in [6, 6.07) is 0. The Morgan fingerprint density at radius 1 is 1.38 bits per heavy atom. The molecule has 0 spiro atoms. The lowest BCUT2D eigenvalue weighted by atomic mass is 9.89. The van der Waals surface area contributed by atoms with Gasteiger partial charge >= 0.3 is 0 Å². The van der Waals surface area contributed by atoms with Crippen molar-refractivity contribution in [1.82, 2.24) is 9.97 Å². The van der Waals surface area contributed by atoms with E-state index in [1.54, 1.807) is 12.4 Å². The molecule has 1 aliphatic carbocycles. The zero-order chi connectivity index (χ0) is 11.4. The molecule has 3 nitrogen and oxygen atoms in total. The van der Waals surface area contributed by atoms with Crippen LogP contribution in [0, 0.1) is 5.92 Å². The van der Waals surface area contributed by atoms with Gasteiger partial charge in [-0.25, -0.2) is 4.98 Å². The summed E-state index contributed by atoms with van der Waals surface area (Å²) in [4.78, 5) is 8.36. The van der Waals surface area contributed by atoms with Gasteiger partial charge in [0.2, 0.25) is 5.88 Å². The number of rotatable bonds is 3.